The number of hydrogen-bond donors (Lipinski definition) is 0. The van der Waals surface area contributed by atoms with Gasteiger partial charge in [0.25, 0.3) is 0 Å². The molecule has 0 aliphatic rings. The van der Waals surface area contributed by atoms with Gasteiger partial charge in [-0.25, -0.2) is 0 Å². The molecule has 0 heterocycles. The van der Waals surface area contributed by atoms with Gasteiger partial charge >= 0.3 is 0 Å². The third-order valence-corrected chi connectivity index (χ3v) is 4.17. The summed E-state index contributed by atoms with van der Waals surface area (Å²) in [5.41, 5.74) is 1.15. The Labute approximate surface area is 88.4 Å². The molecule has 0 saturated carbocycles. The lowest BCUT2D eigenvalue weighted by molar-refractivity contribution is 0.411. The molecule has 0 aromatic heterocycles. The fraction of sp³-hybridized carbons (Fsp3) is 0.250. The molecule has 11 heavy (non-hydrogen) atoms. The Hall–Kier alpha value is 0.230. The van der Waals surface area contributed by atoms with Gasteiger partial charge < -0.3 is 4.74 Å². The number of ether oxygens (including phenoxy) is 1. The van der Waals surface area contributed by atoms with Gasteiger partial charge in [0.2, 0.25) is 0 Å². The van der Waals surface area contributed by atoms with Crippen molar-refractivity contribution in [3.05, 3.63) is 25.7 Å². The number of methoxy groups -OCH3 is 1. The number of rotatable bonds is 1. The van der Waals surface area contributed by atoms with Crippen LogP contribution in [0.1, 0.15) is 5.56 Å². The van der Waals surface area contributed by atoms with Crippen LogP contribution in [0.2, 0.25) is 0 Å². The van der Waals surface area contributed by atoms with Crippen LogP contribution >= 0.6 is 38.5 Å². The van der Waals surface area contributed by atoms with Crippen LogP contribution < -0.4 is 4.74 Å². The molecule has 0 aliphatic carbocycles. The van der Waals surface area contributed by atoms with Crippen molar-refractivity contribution in [1.82, 2.24) is 0 Å². The molecule has 0 aliphatic heterocycles. The Morgan fingerprint density at radius 3 is 2.64 bits per heavy atom. The van der Waals surface area contributed by atoms with Gasteiger partial charge in [0.1, 0.15) is 5.75 Å². The quantitative estimate of drug-likeness (QED) is 0.719. The van der Waals surface area contributed by atoms with E-state index in [1.807, 2.05) is 19.1 Å². The Morgan fingerprint density at radius 1 is 1.45 bits per heavy atom. The van der Waals surface area contributed by atoms with E-state index >= 15 is 0 Å². The van der Waals surface area contributed by atoms with Crippen LogP contribution in [-0.2, 0) is 0 Å². The number of hydrogen-bond acceptors (Lipinski definition) is 1. The summed E-state index contributed by atoms with van der Waals surface area (Å²) < 4.78 is 7.48. The first-order chi connectivity index (χ1) is 5.16. The maximum atomic E-state index is 5.15. The van der Waals surface area contributed by atoms with E-state index in [0.29, 0.717) is 0 Å². The maximum absolute atomic E-state index is 5.15. The van der Waals surface area contributed by atoms with E-state index in [0.717, 1.165) is 15.8 Å². The summed E-state index contributed by atoms with van der Waals surface area (Å²) >= 11 is 5.76. The molecule has 1 aromatic carbocycles. The minimum Gasteiger partial charge on any atom is -0.496 e. The Morgan fingerprint density at radius 2 is 2.09 bits per heavy atom. The maximum Gasteiger partial charge on any atom is 0.122 e. The predicted molar refractivity (Wildman–Crippen MR) is 58.1 cm³/mol. The van der Waals surface area contributed by atoms with E-state index in [9.17, 15) is 0 Å². The molecule has 0 atom stereocenters. The first-order valence-electron chi connectivity index (χ1n) is 3.15. The predicted octanol–water partition coefficient (Wildman–Crippen LogP) is 3.37. The van der Waals surface area contributed by atoms with Gasteiger partial charge in [-0.2, -0.15) is 0 Å². The van der Waals surface area contributed by atoms with Crippen molar-refractivity contribution < 1.29 is 4.74 Å². The van der Waals surface area contributed by atoms with Gasteiger partial charge in [0.05, 0.1) is 7.11 Å². The Balaban J connectivity index is 3.25. The zero-order valence-electron chi connectivity index (χ0n) is 6.32. The van der Waals surface area contributed by atoms with Gasteiger partial charge in [0, 0.05) is 13.6 Å². The van der Waals surface area contributed by atoms with E-state index in [4.69, 9.17) is 4.74 Å². The standard InChI is InChI=1S/C8H8BrIO/c1-5-7(11-2)4-3-6(10)8(5)9/h3-4H,1-2H3. The summed E-state index contributed by atoms with van der Waals surface area (Å²) in [6.07, 6.45) is 0. The first-order valence-corrected chi connectivity index (χ1v) is 5.02. The van der Waals surface area contributed by atoms with Gasteiger partial charge in [-0.15, -0.1) is 0 Å². The molecular formula is C8H8BrIO. The molecule has 0 fully saturated rings. The molecule has 0 amide bonds. The minimum absolute atomic E-state index is 0.928. The molecule has 3 heteroatoms. The molecule has 0 radical (unpaired) electrons. The van der Waals surface area contributed by atoms with Crippen molar-refractivity contribution in [2.45, 2.75) is 6.92 Å². The smallest absolute Gasteiger partial charge is 0.122 e. The third kappa shape index (κ3) is 1.87. The largest absolute Gasteiger partial charge is 0.496 e. The van der Waals surface area contributed by atoms with E-state index in [1.54, 1.807) is 7.11 Å². The molecule has 0 bridgehead atoms. The zero-order chi connectivity index (χ0) is 8.43. The van der Waals surface area contributed by atoms with Crippen LogP contribution in [0.3, 0.4) is 0 Å². The SMILES string of the molecule is COc1ccc(I)c(Br)c1C. The lowest BCUT2D eigenvalue weighted by Gasteiger charge is -2.06. The van der Waals surface area contributed by atoms with Crippen LogP contribution in [0.5, 0.6) is 5.75 Å². The summed E-state index contributed by atoms with van der Waals surface area (Å²) in [5, 5.41) is 0. The Kier molecular flexibility index (Phi) is 3.18. The first kappa shape index (κ1) is 9.32. The number of benzene rings is 1. The summed E-state index contributed by atoms with van der Waals surface area (Å²) in [5.74, 6) is 0.928. The number of halogens is 2. The molecule has 60 valence electrons. The van der Waals surface area contributed by atoms with Crippen LogP contribution in [0.15, 0.2) is 16.6 Å². The lowest BCUT2D eigenvalue weighted by atomic mass is 10.2. The second-order valence-electron chi connectivity index (χ2n) is 2.19. The molecule has 0 N–H and O–H groups in total. The van der Waals surface area contributed by atoms with E-state index in [-0.39, 0.29) is 0 Å². The van der Waals surface area contributed by atoms with Gasteiger partial charge in [-0.1, -0.05) is 0 Å². The fourth-order valence-corrected chi connectivity index (χ4v) is 1.77. The molecular weight excluding hydrogens is 319 g/mol. The topological polar surface area (TPSA) is 9.23 Å². The highest BCUT2D eigenvalue weighted by atomic mass is 127. The van der Waals surface area contributed by atoms with E-state index in [1.165, 1.54) is 3.57 Å². The average molecular weight is 327 g/mol. The zero-order valence-corrected chi connectivity index (χ0v) is 10.1. The van der Waals surface area contributed by atoms with Crippen molar-refractivity contribution in [1.29, 1.82) is 0 Å². The third-order valence-electron chi connectivity index (χ3n) is 1.51. The molecule has 1 rings (SSSR count). The molecule has 1 nitrogen and oxygen atoms in total. The van der Waals surface area contributed by atoms with Crippen LogP contribution in [-0.4, -0.2) is 7.11 Å². The van der Waals surface area contributed by atoms with Crippen molar-refractivity contribution in [3.63, 3.8) is 0 Å². The Bertz CT molecular complexity index is 273. The molecule has 0 saturated heterocycles. The van der Waals surface area contributed by atoms with Crippen molar-refractivity contribution >= 4 is 38.5 Å². The lowest BCUT2D eigenvalue weighted by Crippen LogP contribution is -1.89. The van der Waals surface area contributed by atoms with E-state index < -0.39 is 0 Å². The van der Waals surface area contributed by atoms with Gasteiger partial charge in [-0.05, 0) is 57.6 Å². The second kappa shape index (κ2) is 3.76. The summed E-state index contributed by atoms with van der Waals surface area (Å²) in [7, 11) is 1.68. The molecule has 0 unspecified atom stereocenters. The van der Waals surface area contributed by atoms with Crippen LogP contribution in [0.4, 0.5) is 0 Å². The summed E-state index contributed by atoms with van der Waals surface area (Å²) in [6, 6.07) is 4.00. The van der Waals surface area contributed by atoms with Gasteiger partial charge in [-0.3, -0.25) is 0 Å². The fourth-order valence-electron chi connectivity index (χ4n) is 0.855. The second-order valence-corrected chi connectivity index (χ2v) is 4.14. The minimum atomic E-state index is 0.928. The van der Waals surface area contributed by atoms with E-state index in [2.05, 4.69) is 38.5 Å². The highest BCUT2D eigenvalue weighted by Gasteiger charge is 2.04. The highest BCUT2D eigenvalue weighted by molar-refractivity contribution is 14.1. The van der Waals surface area contributed by atoms with Crippen molar-refractivity contribution in [2.24, 2.45) is 0 Å². The normalized spacial score (nSPS) is 9.82. The summed E-state index contributed by atoms with van der Waals surface area (Å²) in [4.78, 5) is 0. The van der Waals surface area contributed by atoms with Crippen LogP contribution in [0, 0.1) is 10.5 Å². The average Bonchev–Trinajstić information content (AvgIpc) is 2.01. The molecule has 0 spiro atoms. The monoisotopic (exact) mass is 326 g/mol. The highest BCUT2D eigenvalue weighted by Crippen LogP contribution is 2.29. The summed E-state index contributed by atoms with van der Waals surface area (Å²) in [6.45, 7) is 2.03. The van der Waals surface area contributed by atoms with Crippen molar-refractivity contribution in [3.8, 4) is 5.75 Å². The van der Waals surface area contributed by atoms with Crippen LogP contribution in [0.25, 0.3) is 0 Å². The van der Waals surface area contributed by atoms with Gasteiger partial charge in [0.15, 0.2) is 0 Å². The molecule has 1 aromatic rings. The van der Waals surface area contributed by atoms with Crippen molar-refractivity contribution in [2.75, 3.05) is 7.11 Å².